The van der Waals surface area contributed by atoms with Crippen molar-refractivity contribution < 1.29 is 4.79 Å². The Balaban J connectivity index is 0.000000561. The summed E-state index contributed by atoms with van der Waals surface area (Å²) >= 11 is 0. The van der Waals surface area contributed by atoms with E-state index in [0.29, 0.717) is 5.69 Å². The van der Waals surface area contributed by atoms with Gasteiger partial charge >= 0.3 is 0 Å². The molecule has 0 unspecified atom stereocenters. The maximum absolute atomic E-state index is 10.5. The van der Waals surface area contributed by atoms with Gasteiger partial charge in [0.1, 0.15) is 5.69 Å². The van der Waals surface area contributed by atoms with E-state index < -0.39 is 5.91 Å². The van der Waals surface area contributed by atoms with Crippen LogP contribution in [0.1, 0.15) is 29.9 Å². The summed E-state index contributed by atoms with van der Waals surface area (Å²) in [6.07, 6.45) is 1.61. The molecule has 0 bridgehead atoms. The molecule has 0 spiro atoms. The molecule has 1 rings (SSSR count). The van der Waals surface area contributed by atoms with Crippen molar-refractivity contribution in [3.8, 4) is 0 Å². The second-order valence-corrected chi connectivity index (χ2v) is 2.09. The van der Waals surface area contributed by atoms with Gasteiger partial charge in [0, 0.05) is 6.20 Å². The smallest absolute Gasteiger partial charge is 0.267 e. The Kier molecular flexibility index (Phi) is 4.69. The van der Waals surface area contributed by atoms with Gasteiger partial charge in [0.2, 0.25) is 0 Å². The highest BCUT2D eigenvalue weighted by Crippen LogP contribution is 1.96. The van der Waals surface area contributed by atoms with E-state index in [2.05, 4.69) is 4.98 Å². The van der Waals surface area contributed by atoms with E-state index in [1.807, 2.05) is 20.8 Å². The van der Waals surface area contributed by atoms with Crippen molar-refractivity contribution in [3.63, 3.8) is 0 Å². The quantitative estimate of drug-likeness (QED) is 0.687. The summed E-state index contributed by atoms with van der Waals surface area (Å²) in [5.41, 5.74) is 6.29. The molecule has 0 aliphatic rings. The monoisotopic (exact) mass is 166 g/mol. The summed E-state index contributed by atoms with van der Waals surface area (Å²) in [4.78, 5) is 14.3. The van der Waals surface area contributed by atoms with Gasteiger partial charge in [-0.15, -0.1) is 0 Å². The lowest BCUT2D eigenvalue weighted by molar-refractivity contribution is 0.0995. The predicted molar refractivity (Wildman–Crippen MR) is 48.8 cm³/mol. The Morgan fingerprint density at radius 2 is 2.00 bits per heavy atom. The van der Waals surface area contributed by atoms with E-state index in [4.69, 9.17) is 5.73 Å². The molecule has 12 heavy (non-hydrogen) atoms. The second kappa shape index (κ2) is 5.29. The van der Waals surface area contributed by atoms with Crippen LogP contribution in [0.5, 0.6) is 0 Å². The van der Waals surface area contributed by atoms with Crippen LogP contribution in [0.25, 0.3) is 0 Å². The van der Waals surface area contributed by atoms with E-state index in [1.165, 1.54) is 0 Å². The van der Waals surface area contributed by atoms with Crippen molar-refractivity contribution in [1.29, 1.82) is 0 Å². The number of aryl methyl sites for hydroxylation is 1. The lowest BCUT2D eigenvalue weighted by atomic mass is 10.3. The molecule has 3 nitrogen and oxygen atoms in total. The number of nitrogens with zero attached hydrogens (tertiary/aromatic N) is 1. The zero-order chi connectivity index (χ0) is 9.56. The Hall–Kier alpha value is -1.38. The number of nitrogens with two attached hydrogens (primary N) is 1. The Labute approximate surface area is 72.6 Å². The van der Waals surface area contributed by atoms with Crippen LogP contribution in [0.4, 0.5) is 0 Å². The third-order valence-electron chi connectivity index (χ3n) is 1.16. The van der Waals surface area contributed by atoms with Crippen molar-refractivity contribution in [2.24, 2.45) is 5.73 Å². The van der Waals surface area contributed by atoms with Crippen LogP contribution < -0.4 is 5.73 Å². The average molecular weight is 166 g/mol. The lowest BCUT2D eigenvalue weighted by Crippen LogP contribution is -2.12. The summed E-state index contributed by atoms with van der Waals surface area (Å²) in [5.74, 6) is -0.486. The van der Waals surface area contributed by atoms with Gasteiger partial charge in [-0.25, -0.2) is 0 Å². The van der Waals surface area contributed by atoms with Crippen LogP contribution in [0.3, 0.4) is 0 Å². The van der Waals surface area contributed by atoms with Gasteiger partial charge in [-0.1, -0.05) is 19.9 Å². The highest BCUT2D eigenvalue weighted by molar-refractivity contribution is 5.90. The highest BCUT2D eigenvalue weighted by atomic mass is 16.1. The standard InChI is InChI=1S/C7H8N2O.C2H6/c1-5-2-3-6(7(8)10)9-4-5;1-2/h2-4H,1H3,(H2,8,10);1-2H3. The summed E-state index contributed by atoms with van der Waals surface area (Å²) in [6.45, 7) is 5.90. The molecular formula is C9H14N2O. The molecule has 1 aromatic heterocycles. The van der Waals surface area contributed by atoms with E-state index in [-0.39, 0.29) is 0 Å². The normalized spacial score (nSPS) is 8.25. The zero-order valence-electron chi connectivity index (χ0n) is 7.66. The van der Waals surface area contributed by atoms with E-state index >= 15 is 0 Å². The molecule has 0 radical (unpaired) electrons. The first kappa shape index (κ1) is 10.6. The van der Waals surface area contributed by atoms with Crippen molar-refractivity contribution in [3.05, 3.63) is 29.6 Å². The first-order valence-electron chi connectivity index (χ1n) is 3.92. The molecule has 1 amide bonds. The van der Waals surface area contributed by atoms with Crippen molar-refractivity contribution >= 4 is 5.91 Å². The molecule has 0 saturated carbocycles. The summed E-state index contributed by atoms with van der Waals surface area (Å²) in [7, 11) is 0. The lowest BCUT2D eigenvalue weighted by Gasteiger charge is -1.92. The second-order valence-electron chi connectivity index (χ2n) is 2.09. The third-order valence-corrected chi connectivity index (χ3v) is 1.16. The van der Waals surface area contributed by atoms with Crippen LogP contribution in [0.2, 0.25) is 0 Å². The molecule has 0 atom stereocenters. The molecule has 0 aliphatic heterocycles. The van der Waals surface area contributed by atoms with Crippen molar-refractivity contribution in [2.45, 2.75) is 20.8 Å². The minimum Gasteiger partial charge on any atom is -0.364 e. The molecule has 66 valence electrons. The van der Waals surface area contributed by atoms with Gasteiger partial charge in [0.25, 0.3) is 5.91 Å². The number of primary amides is 1. The van der Waals surface area contributed by atoms with Gasteiger partial charge in [-0.2, -0.15) is 0 Å². The van der Waals surface area contributed by atoms with Crippen LogP contribution in [0, 0.1) is 6.92 Å². The Bertz CT molecular complexity index is 241. The van der Waals surface area contributed by atoms with E-state index in [1.54, 1.807) is 18.3 Å². The van der Waals surface area contributed by atoms with Crippen LogP contribution in [-0.4, -0.2) is 10.9 Å². The molecule has 0 fully saturated rings. The van der Waals surface area contributed by atoms with Gasteiger partial charge in [0.15, 0.2) is 0 Å². The molecule has 1 heterocycles. The first-order valence-corrected chi connectivity index (χ1v) is 3.92. The average Bonchev–Trinajstić information content (AvgIpc) is 2.09. The maximum atomic E-state index is 10.5. The zero-order valence-corrected chi connectivity index (χ0v) is 7.66. The minimum absolute atomic E-state index is 0.311. The highest BCUT2D eigenvalue weighted by Gasteiger charge is 1.97. The van der Waals surface area contributed by atoms with Crippen LogP contribution >= 0.6 is 0 Å². The van der Waals surface area contributed by atoms with Crippen LogP contribution in [0.15, 0.2) is 18.3 Å². The topological polar surface area (TPSA) is 56.0 Å². The maximum Gasteiger partial charge on any atom is 0.267 e. The molecule has 2 N–H and O–H groups in total. The van der Waals surface area contributed by atoms with Gasteiger partial charge in [0.05, 0.1) is 0 Å². The van der Waals surface area contributed by atoms with E-state index in [0.717, 1.165) is 5.56 Å². The summed E-state index contributed by atoms with van der Waals surface area (Å²) < 4.78 is 0. The molecular weight excluding hydrogens is 152 g/mol. The number of rotatable bonds is 1. The van der Waals surface area contributed by atoms with Crippen molar-refractivity contribution in [1.82, 2.24) is 4.98 Å². The van der Waals surface area contributed by atoms with Gasteiger partial charge in [-0.05, 0) is 18.6 Å². The minimum atomic E-state index is -0.486. The Morgan fingerprint density at radius 1 is 1.42 bits per heavy atom. The fourth-order valence-corrected chi connectivity index (χ4v) is 0.614. The van der Waals surface area contributed by atoms with E-state index in [9.17, 15) is 4.79 Å². The fourth-order valence-electron chi connectivity index (χ4n) is 0.614. The number of carbonyl (C=O) groups excluding carboxylic acids is 1. The number of amides is 1. The number of carbonyl (C=O) groups is 1. The molecule has 0 saturated heterocycles. The molecule has 3 heteroatoms. The predicted octanol–water partition coefficient (Wildman–Crippen LogP) is 1.52. The largest absolute Gasteiger partial charge is 0.364 e. The Morgan fingerprint density at radius 3 is 2.33 bits per heavy atom. The molecule has 0 aromatic carbocycles. The van der Waals surface area contributed by atoms with Crippen LogP contribution in [-0.2, 0) is 0 Å². The van der Waals surface area contributed by atoms with Crippen molar-refractivity contribution in [2.75, 3.05) is 0 Å². The third kappa shape index (κ3) is 3.14. The fraction of sp³-hybridized carbons (Fsp3) is 0.333. The summed E-state index contributed by atoms with van der Waals surface area (Å²) in [5, 5.41) is 0. The number of aromatic nitrogens is 1. The number of pyridine rings is 1. The van der Waals surface area contributed by atoms with Gasteiger partial charge in [-0.3, -0.25) is 9.78 Å². The molecule has 0 aliphatic carbocycles. The summed E-state index contributed by atoms with van der Waals surface area (Å²) in [6, 6.07) is 3.41. The number of hydrogen-bond acceptors (Lipinski definition) is 2. The van der Waals surface area contributed by atoms with Gasteiger partial charge < -0.3 is 5.73 Å². The molecule has 1 aromatic rings. The first-order chi connectivity index (χ1) is 5.70. The SMILES string of the molecule is CC.Cc1ccc(C(N)=O)nc1. The number of hydrogen-bond donors (Lipinski definition) is 1.